The number of fused-ring (bicyclic) bond motifs is 2. The Morgan fingerprint density at radius 1 is 1.30 bits per heavy atom. The average Bonchev–Trinajstić information content (AvgIpc) is 3.05. The molecule has 4 heteroatoms. The molecule has 0 aromatic heterocycles. The van der Waals surface area contributed by atoms with Crippen LogP contribution in [0.3, 0.4) is 0 Å². The van der Waals surface area contributed by atoms with Gasteiger partial charge in [0.25, 0.3) is 0 Å². The number of nitrogens with two attached hydrogens (primary N) is 1. The van der Waals surface area contributed by atoms with Crippen LogP contribution in [-0.2, 0) is 14.3 Å². The molecule has 0 saturated heterocycles. The van der Waals surface area contributed by atoms with Gasteiger partial charge in [-0.3, -0.25) is 4.79 Å². The highest BCUT2D eigenvalue weighted by Gasteiger charge is 2.39. The van der Waals surface area contributed by atoms with Crippen molar-refractivity contribution in [1.29, 1.82) is 0 Å². The van der Waals surface area contributed by atoms with E-state index in [1.54, 1.807) is 0 Å². The van der Waals surface area contributed by atoms with Gasteiger partial charge in [-0.05, 0) is 43.4 Å². The maximum Gasteiger partial charge on any atom is 0.325 e. The molecule has 0 heterocycles. The minimum Gasteiger partial charge on any atom is -0.435 e. The number of hydrogen-bond acceptors (Lipinski definition) is 4. The summed E-state index contributed by atoms with van der Waals surface area (Å²) in [5, 5.41) is 0. The average molecular weight is 283 g/mol. The van der Waals surface area contributed by atoms with E-state index in [0.717, 1.165) is 24.9 Å². The first-order valence-electron chi connectivity index (χ1n) is 8.21. The quantitative estimate of drug-likeness (QED) is 0.549. The van der Waals surface area contributed by atoms with E-state index in [2.05, 4.69) is 0 Å². The van der Waals surface area contributed by atoms with Crippen LogP contribution in [0.2, 0.25) is 0 Å². The molecule has 2 saturated carbocycles. The predicted octanol–water partition coefficient (Wildman–Crippen LogP) is 2.85. The highest BCUT2D eigenvalue weighted by molar-refractivity contribution is 5.75. The Morgan fingerprint density at radius 2 is 2.10 bits per heavy atom. The minimum atomic E-state index is -0.514. The van der Waals surface area contributed by atoms with Crippen LogP contribution in [0.5, 0.6) is 0 Å². The Bertz CT molecular complexity index is 321. The first kappa shape index (κ1) is 15.8. The smallest absolute Gasteiger partial charge is 0.325 e. The molecule has 0 aliphatic heterocycles. The largest absolute Gasteiger partial charge is 0.435 e. The zero-order valence-electron chi connectivity index (χ0n) is 12.8. The van der Waals surface area contributed by atoms with Gasteiger partial charge in [0.2, 0.25) is 6.29 Å². The summed E-state index contributed by atoms with van der Waals surface area (Å²) >= 11 is 0. The molecule has 2 rings (SSSR count). The van der Waals surface area contributed by atoms with Crippen molar-refractivity contribution in [3.63, 3.8) is 0 Å². The van der Waals surface area contributed by atoms with E-state index in [4.69, 9.17) is 15.2 Å². The Labute approximate surface area is 122 Å². The predicted molar refractivity (Wildman–Crippen MR) is 77.9 cm³/mol. The summed E-state index contributed by atoms with van der Waals surface area (Å²) in [7, 11) is 0. The summed E-state index contributed by atoms with van der Waals surface area (Å²) in [4.78, 5) is 11.8. The molecule has 0 amide bonds. The van der Waals surface area contributed by atoms with Crippen LogP contribution in [0.4, 0.5) is 0 Å². The van der Waals surface area contributed by atoms with E-state index in [-0.39, 0.29) is 5.97 Å². The van der Waals surface area contributed by atoms with Crippen molar-refractivity contribution in [1.82, 2.24) is 0 Å². The summed E-state index contributed by atoms with van der Waals surface area (Å²) in [5.74, 6) is 2.11. The van der Waals surface area contributed by atoms with Gasteiger partial charge in [0.15, 0.2) is 0 Å². The Kier molecular flexibility index (Phi) is 5.85. The lowest BCUT2D eigenvalue weighted by atomic mass is 9.89. The second kappa shape index (κ2) is 7.41. The molecule has 2 aliphatic carbocycles. The fraction of sp³-hybridized carbons (Fsp3) is 0.938. The number of ether oxygens (including phenoxy) is 2. The third-order valence-electron chi connectivity index (χ3n) is 4.86. The zero-order chi connectivity index (χ0) is 14.5. The fourth-order valence-electron chi connectivity index (χ4n) is 3.69. The van der Waals surface area contributed by atoms with Crippen molar-refractivity contribution in [2.24, 2.45) is 23.5 Å². The summed E-state index contributed by atoms with van der Waals surface area (Å²) in [5.41, 5.74) is 5.77. The van der Waals surface area contributed by atoms with Crippen LogP contribution in [0.1, 0.15) is 58.8 Å². The first-order chi connectivity index (χ1) is 9.63. The van der Waals surface area contributed by atoms with Crippen LogP contribution in [-0.4, -0.2) is 24.9 Å². The van der Waals surface area contributed by atoms with Crippen LogP contribution in [0.25, 0.3) is 0 Å². The standard InChI is InChI=1S/C16H29NO3/c1-3-5-14(17)16(18)20-15(4-2)19-10-13-9-11-6-7-12(13)8-11/h11-15H,3-10,17H2,1-2H3. The SMILES string of the molecule is CCCC(N)C(=O)OC(CC)OCC1CC2CCC1C2. The van der Waals surface area contributed by atoms with Crippen molar-refractivity contribution in [3.05, 3.63) is 0 Å². The van der Waals surface area contributed by atoms with Gasteiger partial charge in [0, 0.05) is 6.42 Å². The van der Waals surface area contributed by atoms with Gasteiger partial charge in [0.05, 0.1) is 6.61 Å². The number of esters is 1. The molecule has 5 atom stereocenters. The second-order valence-corrected chi connectivity index (χ2v) is 6.44. The molecule has 2 N–H and O–H groups in total. The Morgan fingerprint density at radius 3 is 2.65 bits per heavy atom. The van der Waals surface area contributed by atoms with Crippen molar-refractivity contribution in [3.8, 4) is 0 Å². The zero-order valence-corrected chi connectivity index (χ0v) is 12.8. The van der Waals surface area contributed by atoms with E-state index in [1.165, 1.54) is 25.7 Å². The maximum atomic E-state index is 11.8. The van der Waals surface area contributed by atoms with Gasteiger partial charge in [-0.25, -0.2) is 0 Å². The van der Waals surface area contributed by atoms with Crippen LogP contribution in [0, 0.1) is 17.8 Å². The van der Waals surface area contributed by atoms with Crippen molar-refractivity contribution >= 4 is 5.97 Å². The molecular formula is C16H29NO3. The van der Waals surface area contributed by atoms with Gasteiger partial charge in [-0.15, -0.1) is 0 Å². The Hall–Kier alpha value is -0.610. The lowest BCUT2D eigenvalue weighted by Crippen LogP contribution is -2.36. The molecule has 4 nitrogen and oxygen atoms in total. The van der Waals surface area contributed by atoms with Crippen molar-refractivity contribution < 1.29 is 14.3 Å². The van der Waals surface area contributed by atoms with E-state index < -0.39 is 12.3 Å². The highest BCUT2D eigenvalue weighted by atomic mass is 16.7. The van der Waals surface area contributed by atoms with Crippen LogP contribution in [0.15, 0.2) is 0 Å². The van der Waals surface area contributed by atoms with Crippen LogP contribution >= 0.6 is 0 Å². The molecule has 2 bridgehead atoms. The molecule has 0 aromatic rings. The van der Waals surface area contributed by atoms with Gasteiger partial charge >= 0.3 is 5.97 Å². The van der Waals surface area contributed by atoms with E-state index >= 15 is 0 Å². The van der Waals surface area contributed by atoms with Gasteiger partial charge in [-0.1, -0.05) is 26.7 Å². The molecular weight excluding hydrogens is 254 g/mol. The van der Waals surface area contributed by atoms with Crippen LogP contribution < -0.4 is 5.73 Å². The highest BCUT2D eigenvalue weighted by Crippen LogP contribution is 2.48. The van der Waals surface area contributed by atoms with Crippen molar-refractivity contribution in [2.45, 2.75) is 71.1 Å². The third kappa shape index (κ3) is 3.95. The maximum absolute atomic E-state index is 11.8. The summed E-state index contributed by atoms with van der Waals surface area (Å²) < 4.78 is 11.2. The second-order valence-electron chi connectivity index (χ2n) is 6.44. The lowest BCUT2D eigenvalue weighted by molar-refractivity contribution is -0.184. The third-order valence-corrected chi connectivity index (χ3v) is 4.86. The number of carbonyl (C=O) groups is 1. The first-order valence-corrected chi connectivity index (χ1v) is 8.21. The fourth-order valence-corrected chi connectivity index (χ4v) is 3.69. The monoisotopic (exact) mass is 283 g/mol. The molecule has 2 fully saturated rings. The molecule has 116 valence electrons. The van der Waals surface area contributed by atoms with E-state index in [0.29, 0.717) is 18.8 Å². The number of rotatable bonds is 8. The Balaban J connectivity index is 1.71. The number of hydrogen-bond donors (Lipinski definition) is 1. The molecule has 20 heavy (non-hydrogen) atoms. The minimum absolute atomic E-state index is 0.327. The van der Waals surface area contributed by atoms with Gasteiger partial charge in [-0.2, -0.15) is 0 Å². The molecule has 0 aromatic carbocycles. The van der Waals surface area contributed by atoms with Crippen molar-refractivity contribution in [2.75, 3.05) is 6.61 Å². The van der Waals surface area contributed by atoms with E-state index in [9.17, 15) is 4.79 Å². The molecule has 5 unspecified atom stereocenters. The molecule has 0 radical (unpaired) electrons. The van der Waals surface area contributed by atoms with E-state index in [1.807, 2.05) is 13.8 Å². The molecule has 2 aliphatic rings. The summed E-state index contributed by atoms with van der Waals surface area (Å²) in [6, 6.07) is -0.514. The van der Waals surface area contributed by atoms with Gasteiger partial charge < -0.3 is 15.2 Å². The summed E-state index contributed by atoms with van der Waals surface area (Å²) in [6.07, 6.45) is 7.25. The van der Waals surface area contributed by atoms with Gasteiger partial charge in [0.1, 0.15) is 6.04 Å². The normalized spacial score (nSPS) is 31.2. The number of carbonyl (C=O) groups excluding carboxylic acids is 1. The lowest BCUT2D eigenvalue weighted by Gasteiger charge is -2.25. The molecule has 0 spiro atoms. The topological polar surface area (TPSA) is 61.6 Å². The summed E-state index contributed by atoms with van der Waals surface area (Å²) in [6.45, 7) is 4.72.